The molecule has 12 heteroatoms. The number of piperidine rings is 1. The van der Waals surface area contributed by atoms with Gasteiger partial charge in [0.2, 0.25) is 17.9 Å². The Morgan fingerprint density at radius 3 is 2.51 bits per heavy atom. The highest BCUT2D eigenvalue weighted by Gasteiger charge is 2.45. The van der Waals surface area contributed by atoms with Gasteiger partial charge in [-0.2, -0.15) is 23.1 Å². The van der Waals surface area contributed by atoms with Crippen molar-refractivity contribution in [3.8, 4) is 22.8 Å². The zero-order valence-corrected chi connectivity index (χ0v) is 22.5. The van der Waals surface area contributed by atoms with E-state index in [1.807, 2.05) is 36.1 Å². The van der Waals surface area contributed by atoms with Gasteiger partial charge in [0.05, 0.1) is 6.61 Å². The molecule has 0 radical (unpaired) electrons. The van der Waals surface area contributed by atoms with Gasteiger partial charge in [0, 0.05) is 31.3 Å². The number of rotatable bonds is 8. The summed E-state index contributed by atoms with van der Waals surface area (Å²) >= 11 is 0. The van der Waals surface area contributed by atoms with Crippen LogP contribution in [0.4, 0.5) is 24.9 Å². The number of benzene rings is 2. The number of halogens is 3. The normalized spacial score (nSPS) is 19.2. The molecule has 9 nitrogen and oxygen atoms in total. The number of hydrogen-bond acceptors (Lipinski definition) is 8. The number of carbonyl (C=O) groups is 1. The van der Waals surface area contributed by atoms with Crippen molar-refractivity contribution in [3.63, 3.8) is 0 Å². The first-order valence-corrected chi connectivity index (χ1v) is 13.5. The standard InChI is InChI=1S/C29H32F3N5O4/c1-2-40-21-5-3-4-20(14-21)18-6-8-19(9-7-18)25(29(30,31)32)41-24-15-23(35-27(33)36-24)37-12-10-28(11-13-37)16-22(26(38)39)34-17-28/h3-9,14-15,22,25,34H,2,10-13,16-17H2,1H3,(H,38,39)(H2,33,35,36)/t22-,25+/m0/s1. The minimum Gasteiger partial charge on any atom is -0.494 e. The van der Waals surface area contributed by atoms with Crippen LogP contribution >= 0.6 is 0 Å². The second-order valence-electron chi connectivity index (χ2n) is 10.5. The summed E-state index contributed by atoms with van der Waals surface area (Å²) in [6, 6.07) is 14.1. The fourth-order valence-corrected chi connectivity index (χ4v) is 5.56. The molecule has 41 heavy (non-hydrogen) atoms. The Morgan fingerprint density at radius 1 is 1.15 bits per heavy atom. The van der Waals surface area contributed by atoms with Gasteiger partial charge < -0.3 is 30.5 Å². The van der Waals surface area contributed by atoms with Crippen LogP contribution in [0, 0.1) is 5.41 Å². The molecule has 2 aromatic carbocycles. The second-order valence-corrected chi connectivity index (χ2v) is 10.5. The molecule has 0 amide bonds. The smallest absolute Gasteiger partial charge is 0.429 e. The van der Waals surface area contributed by atoms with Gasteiger partial charge in [-0.05, 0) is 54.9 Å². The van der Waals surface area contributed by atoms with Crippen LogP contribution in [-0.4, -0.2) is 59.5 Å². The molecular formula is C29H32F3N5O4. The number of nitrogens with zero attached hydrogens (tertiary/aromatic N) is 3. The lowest BCUT2D eigenvalue weighted by Crippen LogP contribution is -2.41. The van der Waals surface area contributed by atoms with Gasteiger partial charge in [0.25, 0.3) is 0 Å². The average molecular weight is 572 g/mol. The van der Waals surface area contributed by atoms with E-state index < -0.39 is 24.3 Å². The van der Waals surface area contributed by atoms with Crippen molar-refractivity contribution in [1.82, 2.24) is 15.3 Å². The first-order chi connectivity index (χ1) is 19.5. The third-order valence-electron chi connectivity index (χ3n) is 7.74. The highest BCUT2D eigenvalue weighted by Crippen LogP contribution is 2.41. The molecule has 3 heterocycles. The van der Waals surface area contributed by atoms with Crippen LogP contribution in [0.25, 0.3) is 11.1 Å². The molecule has 2 fully saturated rings. The molecule has 1 spiro atoms. The number of nitrogen functional groups attached to an aromatic ring is 1. The van der Waals surface area contributed by atoms with Gasteiger partial charge in [-0.1, -0.05) is 36.4 Å². The monoisotopic (exact) mass is 571 g/mol. The molecular weight excluding hydrogens is 539 g/mol. The molecule has 3 aromatic rings. The fraction of sp³-hybridized carbons (Fsp3) is 0.414. The summed E-state index contributed by atoms with van der Waals surface area (Å²) in [7, 11) is 0. The van der Waals surface area contributed by atoms with Crippen LogP contribution in [0.3, 0.4) is 0 Å². The Bertz CT molecular complexity index is 1380. The maximum Gasteiger partial charge on any atom is 0.429 e. The zero-order valence-electron chi connectivity index (χ0n) is 22.5. The Kier molecular flexibility index (Phi) is 7.94. The van der Waals surface area contributed by atoms with Crippen molar-refractivity contribution in [2.24, 2.45) is 5.41 Å². The summed E-state index contributed by atoms with van der Waals surface area (Å²) in [5.41, 5.74) is 7.22. The van der Waals surface area contributed by atoms with Gasteiger partial charge in [-0.25, -0.2) is 0 Å². The highest BCUT2D eigenvalue weighted by atomic mass is 19.4. The maximum absolute atomic E-state index is 14.2. The Balaban J connectivity index is 1.31. The predicted octanol–water partition coefficient (Wildman–Crippen LogP) is 4.84. The number of hydrogen-bond donors (Lipinski definition) is 3. The quantitative estimate of drug-likeness (QED) is 0.349. The van der Waals surface area contributed by atoms with Crippen molar-refractivity contribution >= 4 is 17.7 Å². The average Bonchev–Trinajstić information content (AvgIpc) is 3.35. The first kappa shape index (κ1) is 28.5. The van der Waals surface area contributed by atoms with E-state index >= 15 is 0 Å². The molecule has 218 valence electrons. The van der Waals surface area contributed by atoms with Gasteiger partial charge in [-0.3, -0.25) is 4.79 Å². The number of nitrogens with one attached hydrogen (secondary N) is 1. The van der Waals surface area contributed by atoms with Crippen LogP contribution in [0.5, 0.6) is 11.6 Å². The zero-order chi connectivity index (χ0) is 29.2. The number of carboxylic acids is 1. The third-order valence-corrected chi connectivity index (χ3v) is 7.74. The molecule has 2 aliphatic heterocycles. The lowest BCUT2D eigenvalue weighted by molar-refractivity contribution is -0.198. The van der Waals surface area contributed by atoms with Crippen LogP contribution in [0.1, 0.15) is 37.9 Å². The van der Waals surface area contributed by atoms with E-state index in [1.54, 1.807) is 12.1 Å². The summed E-state index contributed by atoms with van der Waals surface area (Å²) in [6.45, 7) is 4.10. The molecule has 0 saturated carbocycles. The predicted molar refractivity (Wildman–Crippen MR) is 147 cm³/mol. The number of nitrogens with two attached hydrogens (primary N) is 1. The Labute approximate surface area is 235 Å². The van der Waals surface area contributed by atoms with Gasteiger partial charge >= 0.3 is 12.1 Å². The molecule has 1 aromatic heterocycles. The molecule has 0 aliphatic carbocycles. The summed E-state index contributed by atoms with van der Waals surface area (Å²) < 4.78 is 53.5. The molecule has 0 bridgehead atoms. The number of aliphatic carboxylic acids is 1. The lowest BCUT2D eigenvalue weighted by atomic mass is 9.76. The minimum absolute atomic E-state index is 0.0809. The molecule has 2 atom stereocenters. The van der Waals surface area contributed by atoms with Crippen molar-refractivity contribution in [1.29, 1.82) is 0 Å². The number of alkyl halides is 3. The van der Waals surface area contributed by atoms with Crippen LogP contribution in [0.15, 0.2) is 54.6 Å². The van der Waals surface area contributed by atoms with E-state index in [0.717, 1.165) is 24.0 Å². The van der Waals surface area contributed by atoms with E-state index in [-0.39, 0.29) is 22.8 Å². The maximum atomic E-state index is 14.2. The van der Waals surface area contributed by atoms with Crippen LogP contribution < -0.4 is 25.4 Å². The van der Waals surface area contributed by atoms with E-state index in [0.29, 0.717) is 44.2 Å². The van der Waals surface area contributed by atoms with Crippen molar-refractivity contribution < 1.29 is 32.5 Å². The van der Waals surface area contributed by atoms with Crippen molar-refractivity contribution in [3.05, 3.63) is 60.2 Å². The Hall–Kier alpha value is -4.06. The van der Waals surface area contributed by atoms with Gasteiger partial charge in [-0.15, -0.1) is 0 Å². The van der Waals surface area contributed by atoms with E-state index in [2.05, 4.69) is 15.3 Å². The van der Waals surface area contributed by atoms with E-state index in [1.165, 1.54) is 18.2 Å². The van der Waals surface area contributed by atoms with E-state index in [9.17, 15) is 23.1 Å². The topological polar surface area (TPSA) is 123 Å². The molecule has 4 N–H and O–H groups in total. The van der Waals surface area contributed by atoms with Crippen LogP contribution in [0.2, 0.25) is 0 Å². The lowest BCUT2D eigenvalue weighted by Gasteiger charge is -2.39. The number of aromatic nitrogens is 2. The summed E-state index contributed by atoms with van der Waals surface area (Å²) in [5.74, 6) is -0.294. The number of carboxylic acid groups (broad SMARTS) is 1. The molecule has 5 rings (SSSR count). The molecule has 2 aliphatic rings. The largest absolute Gasteiger partial charge is 0.494 e. The summed E-state index contributed by atoms with van der Waals surface area (Å²) in [5, 5.41) is 12.4. The Morgan fingerprint density at radius 2 is 1.88 bits per heavy atom. The van der Waals surface area contributed by atoms with Crippen LogP contribution in [-0.2, 0) is 4.79 Å². The molecule has 0 unspecified atom stereocenters. The van der Waals surface area contributed by atoms with Gasteiger partial charge in [0.15, 0.2) is 0 Å². The highest BCUT2D eigenvalue weighted by molar-refractivity contribution is 5.74. The first-order valence-electron chi connectivity index (χ1n) is 13.5. The minimum atomic E-state index is -4.72. The van der Waals surface area contributed by atoms with Gasteiger partial charge in [0.1, 0.15) is 17.6 Å². The van der Waals surface area contributed by atoms with Crippen molar-refractivity contribution in [2.75, 3.05) is 36.9 Å². The fourth-order valence-electron chi connectivity index (χ4n) is 5.56. The number of anilines is 2. The second kappa shape index (κ2) is 11.4. The van der Waals surface area contributed by atoms with E-state index in [4.69, 9.17) is 15.2 Å². The summed E-state index contributed by atoms with van der Waals surface area (Å²) in [6.07, 6.45) is -5.01. The third kappa shape index (κ3) is 6.48. The SMILES string of the molecule is CCOc1cccc(-c2ccc([C@@H](Oc3cc(N4CCC5(CC4)CN[C@H](C(=O)O)C5)nc(N)n3)C(F)(F)F)cc2)c1. The van der Waals surface area contributed by atoms with Crippen molar-refractivity contribution in [2.45, 2.75) is 44.5 Å². The molecule has 2 saturated heterocycles. The summed E-state index contributed by atoms with van der Waals surface area (Å²) in [4.78, 5) is 21.4. The number of ether oxygens (including phenoxy) is 2.